The quantitative estimate of drug-likeness (QED) is 0.565. The summed E-state index contributed by atoms with van der Waals surface area (Å²) in [5.41, 5.74) is 0. The maximum Gasteiger partial charge on any atom is 0.145 e. The molecule has 2 heterocycles. The SMILES string of the molecule is Clc1c[c]c2cnsc2n1. The number of fused-ring (bicyclic) bond motifs is 1. The number of aromatic nitrogens is 2. The van der Waals surface area contributed by atoms with Gasteiger partial charge in [0.25, 0.3) is 0 Å². The molecule has 0 aliphatic rings. The van der Waals surface area contributed by atoms with Gasteiger partial charge in [-0.3, -0.25) is 0 Å². The van der Waals surface area contributed by atoms with E-state index in [2.05, 4.69) is 15.4 Å². The minimum Gasteiger partial charge on any atom is -0.224 e. The second-order valence-corrected chi connectivity index (χ2v) is 2.94. The number of pyridine rings is 1. The van der Waals surface area contributed by atoms with Crippen molar-refractivity contribution in [3.63, 3.8) is 0 Å². The van der Waals surface area contributed by atoms with Gasteiger partial charge in [0.05, 0.1) is 6.20 Å². The minimum atomic E-state index is 0.469. The molecule has 1 radical (unpaired) electrons. The van der Waals surface area contributed by atoms with E-state index in [4.69, 9.17) is 11.6 Å². The van der Waals surface area contributed by atoms with Crippen molar-refractivity contribution >= 4 is 33.4 Å². The molecule has 0 saturated carbocycles. The molecule has 2 aromatic heterocycles. The Hall–Kier alpha value is -0.670. The molecule has 0 unspecified atom stereocenters. The van der Waals surface area contributed by atoms with Gasteiger partial charge in [0.1, 0.15) is 9.98 Å². The number of halogens is 1. The van der Waals surface area contributed by atoms with Crippen LogP contribution in [0.1, 0.15) is 0 Å². The molecular formula is C6H2ClN2S. The Morgan fingerprint density at radius 3 is 3.40 bits per heavy atom. The first-order valence-electron chi connectivity index (χ1n) is 2.65. The van der Waals surface area contributed by atoms with Crippen LogP contribution in [0.25, 0.3) is 10.2 Å². The second-order valence-electron chi connectivity index (χ2n) is 1.77. The summed E-state index contributed by atoms with van der Waals surface area (Å²) in [7, 11) is 0. The van der Waals surface area contributed by atoms with Crippen LogP contribution in [0.2, 0.25) is 5.15 Å². The molecule has 0 spiro atoms. The molecule has 0 aromatic carbocycles. The molecule has 0 atom stereocenters. The number of hydrogen-bond acceptors (Lipinski definition) is 3. The highest BCUT2D eigenvalue weighted by Crippen LogP contribution is 2.16. The normalized spacial score (nSPS) is 10.5. The molecule has 10 heavy (non-hydrogen) atoms. The van der Waals surface area contributed by atoms with Gasteiger partial charge in [-0.15, -0.1) is 0 Å². The molecule has 0 aliphatic carbocycles. The Labute approximate surface area is 66.6 Å². The van der Waals surface area contributed by atoms with Gasteiger partial charge >= 0.3 is 0 Å². The van der Waals surface area contributed by atoms with Crippen LogP contribution in [0.4, 0.5) is 0 Å². The zero-order valence-corrected chi connectivity index (χ0v) is 6.41. The van der Waals surface area contributed by atoms with Gasteiger partial charge in [0.2, 0.25) is 0 Å². The monoisotopic (exact) mass is 169 g/mol. The smallest absolute Gasteiger partial charge is 0.145 e. The summed E-state index contributed by atoms with van der Waals surface area (Å²) in [6.45, 7) is 0. The highest BCUT2D eigenvalue weighted by atomic mass is 35.5. The first-order chi connectivity index (χ1) is 4.86. The second kappa shape index (κ2) is 2.18. The molecule has 0 fully saturated rings. The minimum absolute atomic E-state index is 0.469. The van der Waals surface area contributed by atoms with Crippen molar-refractivity contribution in [2.45, 2.75) is 0 Å². The molecule has 0 N–H and O–H groups in total. The lowest BCUT2D eigenvalue weighted by molar-refractivity contribution is 1.44. The van der Waals surface area contributed by atoms with Crippen molar-refractivity contribution in [1.82, 2.24) is 9.36 Å². The summed E-state index contributed by atoms with van der Waals surface area (Å²) >= 11 is 6.94. The Morgan fingerprint density at radius 2 is 2.50 bits per heavy atom. The summed E-state index contributed by atoms with van der Waals surface area (Å²) < 4.78 is 3.93. The van der Waals surface area contributed by atoms with Gasteiger partial charge in [-0.05, 0) is 23.7 Å². The number of hydrogen-bond donors (Lipinski definition) is 0. The molecule has 49 valence electrons. The Balaban J connectivity index is 2.86. The van der Waals surface area contributed by atoms with Crippen molar-refractivity contribution in [2.75, 3.05) is 0 Å². The van der Waals surface area contributed by atoms with Crippen LogP contribution in [0.15, 0.2) is 12.3 Å². The van der Waals surface area contributed by atoms with Crippen LogP contribution in [-0.2, 0) is 0 Å². The van der Waals surface area contributed by atoms with E-state index in [1.165, 1.54) is 11.5 Å². The Bertz CT molecular complexity index is 357. The molecule has 2 rings (SSSR count). The average Bonchev–Trinajstić information content (AvgIpc) is 2.33. The van der Waals surface area contributed by atoms with Crippen molar-refractivity contribution in [3.05, 3.63) is 23.5 Å². The van der Waals surface area contributed by atoms with Gasteiger partial charge in [0.15, 0.2) is 0 Å². The molecule has 0 saturated heterocycles. The molecular weight excluding hydrogens is 168 g/mol. The standard InChI is InChI=1S/C6H2ClN2S/c7-5-2-1-4-3-8-10-6(4)9-5/h2-3H. The lowest BCUT2D eigenvalue weighted by Crippen LogP contribution is -1.71. The summed E-state index contributed by atoms with van der Waals surface area (Å²) in [6.07, 6.45) is 1.73. The zero-order chi connectivity index (χ0) is 6.97. The van der Waals surface area contributed by atoms with Crippen molar-refractivity contribution in [3.8, 4) is 0 Å². The van der Waals surface area contributed by atoms with E-state index in [9.17, 15) is 0 Å². The summed E-state index contributed by atoms with van der Waals surface area (Å²) in [4.78, 5) is 4.87. The van der Waals surface area contributed by atoms with Gasteiger partial charge in [-0.1, -0.05) is 11.6 Å². The van der Waals surface area contributed by atoms with E-state index >= 15 is 0 Å². The first kappa shape index (κ1) is 6.07. The largest absolute Gasteiger partial charge is 0.224 e. The summed E-state index contributed by atoms with van der Waals surface area (Å²) in [5.74, 6) is 0. The van der Waals surface area contributed by atoms with Crippen LogP contribution < -0.4 is 0 Å². The van der Waals surface area contributed by atoms with Crippen LogP contribution >= 0.6 is 23.1 Å². The molecule has 0 amide bonds. The van der Waals surface area contributed by atoms with Gasteiger partial charge in [-0.25, -0.2) is 4.98 Å². The summed E-state index contributed by atoms with van der Waals surface area (Å²) in [6, 6.07) is 4.59. The van der Waals surface area contributed by atoms with E-state index < -0.39 is 0 Å². The average molecular weight is 170 g/mol. The Kier molecular flexibility index (Phi) is 1.32. The molecule has 2 nitrogen and oxygen atoms in total. The molecule has 4 heteroatoms. The lowest BCUT2D eigenvalue weighted by atomic mass is 10.4. The van der Waals surface area contributed by atoms with E-state index in [0.29, 0.717) is 5.15 Å². The third-order valence-electron chi connectivity index (χ3n) is 1.11. The van der Waals surface area contributed by atoms with Crippen molar-refractivity contribution < 1.29 is 0 Å². The lowest BCUT2D eigenvalue weighted by Gasteiger charge is -1.85. The fourth-order valence-electron chi connectivity index (χ4n) is 0.680. The first-order valence-corrected chi connectivity index (χ1v) is 3.80. The third kappa shape index (κ3) is 0.874. The maximum absolute atomic E-state index is 5.61. The van der Waals surface area contributed by atoms with Crippen LogP contribution in [0.3, 0.4) is 0 Å². The number of nitrogens with zero attached hydrogens (tertiary/aromatic N) is 2. The van der Waals surface area contributed by atoms with Gasteiger partial charge in [-0.2, -0.15) is 4.37 Å². The summed E-state index contributed by atoms with van der Waals surface area (Å²) in [5, 5.41) is 1.39. The van der Waals surface area contributed by atoms with Crippen LogP contribution in [-0.4, -0.2) is 9.36 Å². The topological polar surface area (TPSA) is 25.8 Å². The van der Waals surface area contributed by atoms with Crippen LogP contribution in [0, 0.1) is 6.07 Å². The number of rotatable bonds is 0. The molecule has 0 aliphatic heterocycles. The fraction of sp³-hybridized carbons (Fsp3) is 0. The fourth-order valence-corrected chi connectivity index (χ4v) is 1.48. The van der Waals surface area contributed by atoms with Crippen molar-refractivity contribution in [1.29, 1.82) is 0 Å². The molecule has 0 bridgehead atoms. The predicted octanol–water partition coefficient (Wildman–Crippen LogP) is 2.14. The van der Waals surface area contributed by atoms with E-state index in [0.717, 1.165) is 10.2 Å². The van der Waals surface area contributed by atoms with Crippen LogP contribution in [0.5, 0.6) is 0 Å². The van der Waals surface area contributed by atoms with Crippen molar-refractivity contribution in [2.24, 2.45) is 0 Å². The van der Waals surface area contributed by atoms with Gasteiger partial charge < -0.3 is 0 Å². The van der Waals surface area contributed by atoms with E-state index in [-0.39, 0.29) is 0 Å². The molecule has 2 aromatic rings. The third-order valence-corrected chi connectivity index (χ3v) is 2.00. The zero-order valence-electron chi connectivity index (χ0n) is 4.84. The maximum atomic E-state index is 5.61. The predicted molar refractivity (Wildman–Crippen MR) is 41.3 cm³/mol. The highest BCUT2D eigenvalue weighted by molar-refractivity contribution is 7.12. The van der Waals surface area contributed by atoms with E-state index in [1.807, 2.05) is 0 Å². The highest BCUT2D eigenvalue weighted by Gasteiger charge is 1.96. The van der Waals surface area contributed by atoms with Gasteiger partial charge in [0, 0.05) is 5.39 Å². The van der Waals surface area contributed by atoms with E-state index in [1.54, 1.807) is 12.3 Å². The Morgan fingerprint density at radius 1 is 1.60 bits per heavy atom.